The fourth-order valence-corrected chi connectivity index (χ4v) is 3.44. The van der Waals surface area contributed by atoms with Crippen molar-refractivity contribution in [1.29, 1.82) is 0 Å². The Bertz CT molecular complexity index is 598. The molecule has 2 aliphatic heterocycles. The first kappa shape index (κ1) is 16.0. The third-order valence-electron chi connectivity index (χ3n) is 4.84. The number of fused-ring (bicyclic) bond motifs is 1. The van der Waals surface area contributed by atoms with Crippen LogP contribution in [0.3, 0.4) is 0 Å². The van der Waals surface area contributed by atoms with E-state index in [0.29, 0.717) is 31.3 Å². The van der Waals surface area contributed by atoms with E-state index in [1.165, 1.54) is 0 Å². The van der Waals surface area contributed by atoms with Gasteiger partial charge < -0.3 is 14.5 Å². The van der Waals surface area contributed by atoms with Gasteiger partial charge in [0.2, 0.25) is 5.91 Å². The molecule has 0 radical (unpaired) electrons. The lowest BCUT2D eigenvalue weighted by Gasteiger charge is -2.41. The highest BCUT2D eigenvalue weighted by molar-refractivity contribution is 5.92. The van der Waals surface area contributed by atoms with Gasteiger partial charge in [0.1, 0.15) is 12.3 Å². The van der Waals surface area contributed by atoms with Gasteiger partial charge in [0.05, 0.1) is 12.6 Å². The van der Waals surface area contributed by atoms with Crippen molar-refractivity contribution < 1.29 is 14.3 Å². The van der Waals surface area contributed by atoms with Crippen molar-refractivity contribution in [3.63, 3.8) is 0 Å². The average molecular weight is 320 g/mol. The smallest absolute Gasteiger partial charge is 0.272 e. The molecule has 0 aliphatic carbocycles. The first-order chi connectivity index (χ1) is 11.0. The molecule has 3 rings (SSSR count). The normalized spacial score (nSPS) is 25.5. The van der Waals surface area contributed by atoms with Gasteiger partial charge in [-0.2, -0.15) is 5.10 Å². The van der Waals surface area contributed by atoms with Crippen molar-refractivity contribution in [3.8, 4) is 0 Å². The Labute approximate surface area is 136 Å². The number of nitrogens with zero attached hydrogens (tertiary/aromatic N) is 4. The van der Waals surface area contributed by atoms with Crippen LogP contribution in [0.1, 0.15) is 36.8 Å². The maximum Gasteiger partial charge on any atom is 0.272 e. The monoisotopic (exact) mass is 320 g/mol. The molecule has 1 aromatic rings. The van der Waals surface area contributed by atoms with Crippen LogP contribution >= 0.6 is 0 Å². The van der Waals surface area contributed by atoms with Gasteiger partial charge in [0.25, 0.3) is 5.91 Å². The molecule has 0 saturated carbocycles. The quantitative estimate of drug-likeness (QED) is 0.808. The van der Waals surface area contributed by atoms with E-state index in [1.807, 2.05) is 18.7 Å². The second-order valence-corrected chi connectivity index (χ2v) is 6.64. The minimum Gasteiger partial charge on any atom is -0.371 e. The van der Waals surface area contributed by atoms with Crippen molar-refractivity contribution >= 4 is 11.8 Å². The summed E-state index contributed by atoms with van der Waals surface area (Å²) >= 11 is 0. The summed E-state index contributed by atoms with van der Waals surface area (Å²) in [6.07, 6.45) is 2.51. The van der Waals surface area contributed by atoms with E-state index in [2.05, 4.69) is 5.10 Å². The van der Waals surface area contributed by atoms with Crippen molar-refractivity contribution in [2.45, 2.75) is 32.4 Å². The predicted octanol–water partition coefficient (Wildman–Crippen LogP) is 0.783. The summed E-state index contributed by atoms with van der Waals surface area (Å²) in [6, 6.07) is 1.93. The highest BCUT2D eigenvalue weighted by Crippen LogP contribution is 2.26. The zero-order valence-electron chi connectivity index (χ0n) is 13.9. The van der Waals surface area contributed by atoms with Crippen molar-refractivity contribution in [2.24, 2.45) is 5.92 Å². The Morgan fingerprint density at radius 1 is 1.43 bits per heavy atom. The molecular formula is C16H24N4O3. The number of carbonyl (C=O) groups excluding carboxylic acids is 2. The fourth-order valence-electron chi connectivity index (χ4n) is 3.44. The molecule has 2 saturated heterocycles. The second-order valence-electron chi connectivity index (χ2n) is 6.64. The summed E-state index contributed by atoms with van der Waals surface area (Å²) in [7, 11) is 1.81. The molecule has 2 amide bonds. The molecule has 2 atom stereocenters. The van der Waals surface area contributed by atoms with Gasteiger partial charge in [0, 0.05) is 38.3 Å². The molecule has 7 nitrogen and oxygen atoms in total. The van der Waals surface area contributed by atoms with Crippen LogP contribution < -0.4 is 0 Å². The number of piperidine rings is 1. The Hall–Kier alpha value is -1.89. The maximum atomic E-state index is 12.9. The van der Waals surface area contributed by atoms with E-state index in [-0.39, 0.29) is 30.5 Å². The molecule has 0 unspecified atom stereocenters. The van der Waals surface area contributed by atoms with Crippen LogP contribution in [0, 0.1) is 5.92 Å². The van der Waals surface area contributed by atoms with Crippen molar-refractivity contribution in [3.05, 3.63) is 18.0 Å². The van der Waals surface area contributed by atoms with Crippen LogP contribution in [0.25, 0.3) is 0 Å². The molecule has 0 bridgehead atoms. The van der Waals surface area contributed by atoms with Gasteiger partial charge in [-0.3, -0.25) is 14.3 Å². The molecule has 3 heterocycles. The van der Waals surface area contributed by atoms with Crippen molar-refractivity contribution in [1.82, 2.24) is 19.6 Å². The molecule has 2 fully saturated rings. The molecule has 126 valence electrons. The number of likely N-dealkylation sites (N-methyl/N-ethyl adjacent to an activating group) is 1. The average Bonchev–Trinajstić information content (AvgIpc) is 2.98. The zero-order valence-corrected chi connectivity index (χ0v) is 13.9. The first-order valence-electron chi connectivity index (χ1n) is 8.15. The third-order valence-corrected chi connectivity index (χ3v) is 4.84. The Balaban J connectivity index is 1.78. The van der Waals surface area contributed by atoms with Crippen LogP contribution in [0.2, 0.25) is 0 Å². The van der Waals surface area contributed by atoms with Gasteiger partial charge >= 0.3 is 0 Å². The molecule has 0 aromatic carbocycles. The molecule has 1 aromatic heterocycles. The summed E-state index contributed by atoms with van der Waals surface area (Å²) in [5.41, 5.74) is 0.609. The minimum atomic E-state index is -0.0148. The van der Waals surface area contributed by atoms with Gasteiger partial charge in [0.15, 0.2) is 0 Å². The summed E-state index contributed by atoms with van der Waals surface area (Å²) in [6.45, 7) is 5.98. The van der Waals surface area contributed by atoms with E-state index in [0.717, 1.165) is 6.42 Å². The maximum absolute atomic E-state index is 12.9. The van der Waals surface area contributed by atoms with Gasteiger partial charge in [-0.05, 0) is 26.3 Å². The van der Waals surface area contributed by atoms with Crippen LogP contribution in [0.15, 0.2) is 12.3 Å². The van der Waals surface area contributed by atoms with Crippen molar-refractivity contribution in [2.75, 3.05) is 33.4 Å². The predicted molar refractivity (Wildman–Crippen MR) is 84.0 cm³/mol. The fraction of sp³-hybridized carbons (Fsp3) is 0.688. The topological polar surface area (TPSA) is 67.7 Å². The lowest BCUT2D eigenvalue weighted by molar-refractivity contribution is -0.134. The van der Waals surface area contributed by atoms with E-state index < -0.39 is 0 Å². The zero-order chi connectivity index (χ0) is 16.6. The van der Waals surface area contributed by atoms with Crippen LogP contribution in [0.4, 0.5) is 0 Å². The highest BCUT2D eigenvalue weighted by Gasteiger charge is 2.38. The Morgan fingerprint density at radius 2 is 2.22 bits per heavy atom. The number of ether oxygens (including phenoxy) is 1. The number of rotatable bonds is 2. The van der Waals surface area contributed by atoms with E-state index in [9.17, 15) is 9.59 Å². The Kier molecular flexibility index (Phi) is 4.39. The van der Waals surface area contributed by atoms with Crippen LogP contribution in [-0.4, -0.2) is 70.8 Å². The lowest BCUT2D eigenvalue weighted by Crippen LogP contribution is -2.54. The van der Waals surface area contributed by atoms with E-state index >= 15 is 0 Å². The molecule has 0 spiro atoms. The standard InChI is InChI=1S/C16H24N4O3/c1-11(2)20-13(4-6-17-20)16(22)19-7-5-12-9-23-10-15(21)18(3)14(12)8-19/h4,6,11-12,14H,5,7-10H2,1-3H3/t12-,14-/m0/s1. The third kappa shape index (κ3) is 2.97. The van der Waals surface area contributed by atoms with Gasteiger partial charge in [-0.25, -0.2) is 0 Å². The summed E-state index contributed by atoms with van der Waals surface area (Å²) in [4.78, 5) is 28.5. The molecule has 0 N–H and O–H groups in total. The Morgan fingerprint density at radius 3 is 2.96 bits per heavy atom. The summed E-state index contributed by atoms with van der Waals surface area (Å²) in [5, 5.41) is 4.24. The number of carbonyl (C=O) groups is 2. The second kappa shape index (κ2) is 6.31. The molecule has 23 heavy (non-hydrogen) atoms. The van der Waals surface area contributed by atoms with Crippen LogP contribution in [-0.2, 0) is 9.53 Å². The highest BCUT2D eigenvalue weighted by atomic mass is 16.5. The summed E-state index contributed by atoms with van der Waals surface area (Å²) in [5.74, 6) is 0.269. The van der Waals surface area contributed by atoms with Gasteiger partial charge in [-0.1, -0.05) is 0 Å². The number of aromatic nitrogens is 2. The number of hydrogen-bond acceptors (Lipinski definition) is 4. The lowest BCUT2D eigenvalue weighted by atomic mass is 9.91. The van der Waals surface area contributed by atoms with E-state index in [1.54, 1.807) is 28.9 Å². The van der Waals surface area contributed by atoms with Crippen LogP contribution in [0.5, 0.6) is 0 Å². The summed E-state index contributed by atoms with van der Waals surface area (Å²) < 4.78 is 7.21. The molecule has 2 aliphatic rings. The number of hydrogen-bond donors (Lipinski definition) is 0. The molecular weight excluding hydrogens is 296 g/mol. The minimum absolute atomic E-state index is 0.0133. The number of likely N-dealkylation sites (tertiary alicyclic amines) is 1. The molecule has 7 heteroatoms. The van der Waals surface area contributed by atoms with Gasteiger partial charge in [-0.15, -0.1) is 0 Å². The first-order valence-corrected chi connectivity index (χ1v) is 8.15. The van der Waals surface area contributed by atoms with E-state index in [4.69, 9.17) is 4.74 Å². The number of amides is 2. The SMILES string of the molecule is CC(C)n1nccc1C(=O)N1CC[C@H]2COCC(=O)N(C)[C@H]2C1. The largest absolute Gasteiger partial charge is 0.371 e.